The van der Waals surface area contributed by atoms with Crippen LogP contribution in [0.2, 0.25) is 0 Å². The number of aliphatic hydroxyl groups is 1. The van der Waals surface area contributed by atoms with Gasteiger partial charge in [-0.25, -0.2) is 0 Å². The number of likely N-dealkylation sites (tertiary alicyclic amines) is 1. The van der Waals surface area contributed by atoms with E-state index in [4.69, 9.17) is 0 Å². The predicted octanol–water partition coefficient (Wildman–Crippen LogP) is 2.51. The first-order chi connectivity index (χ1) is 14.5. The molecule has 3 heterocycles. The Morgan fingerprint density at radius 1 is 1.23 bits per heavy atom. The molecule has 4 atom stereocenters. The first kappa shape index (κ1) is 21.3. The van der Waals surface area contributed by atoms with Gasteiger partial charge in [-0.1, -0.05) is 31.4 Å². The third kappa shape index (κ3) is 3.54. The molecule has 6 heteroatoms. The maximum Gasteiger partial charge on any atom is 0.258 e. The van der Waals surface area contributed by atoms with Gasteiger partial charge in [-0.3, -0.25) is 14.5 Å². The molecule has 1 N–H and O–H groups in total. The molecule has 1 saturated carbocycles. The fourth-order valence-corrected chi connectivity index (χ4v) is 6.05. The van der Waals surface area contributed by atoms with E-state index in [1.807, 2.05) is 29.7 Å². The van der Waals surface area contributed by atoms with Crippen molar-refractivity contribution in [3.63, 3.8) is 0 Å². The van der Waals surface area contributed by atoms with Crippen LogP contribution in [0.5, 0.6) is 0 Å². The molecule has 1 amide bonds. The Bertz CT molecular complexity index is 869. The second kappa shape index (κ2) is 8.67. The van der Waals surface area contributed by atoms with Crippen LogP contribution >= 0.6 is 0 Å². The van der Waals surface area contributed by atoms with Crippen LogP contribution in [-0.2, 0) is 11.3 Å². The Hall–Kier alpha value is -1.92. The highest BCUT2D eigenvalue weighted by Crippen LogP contribution is 2.50. The highest BCUT2D eigenvalue weighted by molar-refractivity contribution is 5.82. The number of carbonyl (C=O) groups is 1. The molecular formula is C24H35N3O3. The lowest BCUT2D eigenvalue weighted by atomic mass is 9.88. The van der Waals surface area contributed by atoms with Crippen LogP contribution in [0, 0.1) is 17.8 Å². The van der Waals surface area contributed by atoms with Crippen LogP contribution < -0.4 is 5.56 Å². The molecule has 2 fully saturated rings. The van der Waals surface area contributed by atoms with Crippen molar-refractivity contribution in [1.82, 2.24) is 14.4 Å². The van der Waals surface area contributed by atoms with E-state index >= 15 is 0 Å². The standard InChI is InChI=1S/C24H35N3O3/c1-4-8-17-11-12-20-21-18(14-26(20)23(17)29)19(15-28)22(24(30)25(2)3)27(21)13-16-9-6-5-7-10-16/h4,8,11-12,16,18-19,21-22,28H,5-7,9-10,13-15H2,1-3H3/b8-4+/t18-,19-,21+,22-/m1/s1. The second-order valence-electron chi connectivity index (χ2n) is 9.46. The average molecular weight is 414 g/mol. The van der Waals surface area contributed by atoms with E-state index in [0.717, 1.165) is 12.2 Å². The van der Waals surface area contributed by atoms with Gasteiger partial charge in [-0.2, -0.15) is 0 Å². The summed E-state index contributed by atoms with van der Waals surface area (Å²) in [6, 6.07) is 3.67. The smallest absolute Gasteiger partial charge is 0.258 e. The van der Waals surface area contributed by atoms with Gasteiger partial charge in [0, 0.05) is 56.9 Å². The maximum atomic E-state index is 13.2. The molecule has 0 unspecified atom stereocenters. The molecule has 1 aliphatic carbocycles. The summed E-state index contributed by atoms with van der Waals surface area (Å²) in [7, 11) is 3.59. The van der Waals surface area contributed by atoms with Gasteiger partial charge in [0.1, 0.15) is 0 Å². The summed E-state index contributed by atoms with van der Waals surface area (Å²) < 4.78 is 1.89. The van der Waals surface area contributed by atoms with Gasteiger partial charge in [0.2, 0.25) is 5.91 Å². The minimum Gasteiger partial charge on any atom is -0.396 e. The first-order valence-electron chi connectivity index (χ1n) is 11.4. The predicted molar refractivity (Wildman–Crippen MR) is 118 cm³/mol. The number of pyridine rings is 1. The molecule has 1 saturated heterocycles. The monoisotopic (exact) mass is 413 g/mol. The van der Waals surface area contributed by atoms with Crippen LogP contribution in [0.4, 0.5) is 0 Å². The maximum absolute atomic E-state index is 13.2. The number of aliphatic hydroxyl groups excluding tert-OH is 1. The van der Waals surface area contributed by atoms with Gasteiger partial charge < -0.3 is 14.6 Å². The lowest BCUT2D eigenvalue weighted by Gasteiger charge is -2.36. The van der Waals surface area contributed by atoms with Crippen LogP contribution in [-0.4, -0.2) is 58.7 Å². The van der Waals surface area contributed by atoms with Gasteiger partial charge >= 0.3 is 0 Å². The van der Waals surface area contributed by atoms with Crippen molar-refractivity contribution in [2.75, 3.05) is 27.2 Å². The summed E-state index contributed by atoms with van der Waals surface area (Å²) in [5.41, 5.74) is 1.73. The van der Waals surface area contributed by atoms with Gasteiger partial charge in [0.05, 0.1) is 12.1 Å². The summed E-state index contributed by atoms with van der Waals surface area (Å²) in [5.74, 6) is 0.579. The molecule has 0 radical (unpaired) electrons. The van der Waals surface area contributed by atoms with E-state index in [-0.39, 0.29) is 42.0 Å². The summed E-state index contributed by atoms with van der Waals surface area (Å²) in [5, 5.41) is 10.3. The molecule has 0 bridgehead atoms. The normalized spacial score (nSPS) is 29.3. The molecule has 3 aliphatic rings. The van der Waals surface area contributed by atoms with Gasteiger partial charge in [0.25, 0.3) is 5.56 Å². The first-order valence-corrected chi connectivity index (χ1v) is 11.4. The molecule has 1 aromatic rings. The number of carbonyl (C=O) groups excluding carboxylic acids is 1. The number of hydrogen-bond acceptors (Lipinski definition) is 4. The number of rotatable bonds is 5. The molecule has 30 heavy (non-hydrogen) atoms. The number of likely N-dealkylation sites (N-methyl/N-ethyl adjacent to an activating group) is 1. The lowest BCUT2D eigenvalue weighted by molar-refractivity contribution is -0.136. The fourth-order valence-electron chi connectivity index (χ4n) is 6.05. The Morgan fingerprint density at radius 3 is 2.60 bits per heavy atom. The Balaban J connectivity index is 1.75. The molecule has 0 spiro atoms. The number of fused-ring (bicyclic) bond motifs is 3. The van der Waals surface area contributed by atoms with E-state index in [2.05, 4.69) is 11.0 Å². The van der Waals surface area contributed by atoms with E-state index < -0.39 is 0 Å². The quantitative estimate of drug-likeness (QED) is 0.806. The van der Waals surface area contributed by atoms with Crippen molar-refractivity contribution in [3.8, 4) is 0 Å². The van der Waals surface area contributed by atoms with Gasteiger partial charge in [-0.05, 0) is 37.8 Å². The van der Waals surface area contributed by atoms with Crippen LogP contribution in [0.15, 0.2) is 23.0 Å². The molecule has 6 nitrogen and oxygen atoms in total. The van der Waals surface area contributed by atoms with Crippen LogP contribution in [0.3, 0.4) is 0 Å². The third-order valence-corrected chi connectivity index (χ3v) is 7.45. The topological polar surface area (TPSA) is 65.8 Å². The van der Waals surface area contributed by atoms with Crippen molar-refractivity contribution in [2.24, 2.45) is 17.8 Å². The highest BCUT2D eigenvalue weighted by atomic mass is 16.3. The number of nitrogens with zero attached hydrogens (tertiary/aromatic N) is 3. The molecule has 1 aromatic heterocycles. The minimum absolute atomic E-state index is 0.0188. The summed E-state index contributed by atoms with van der Waals surface area (Å²) in [4.78, 5) is 30.3. The second-order valence-corrected chi connectivity index (χ2v) is 9.46. The third-order valence-electron chi connectivity index (χ3n) is 7.45. The van der Waals surface area contributed by atoms with Crippen molar-refractivity contribution < 1.29 is 9.90 Å². The highest BCUT2D eigenvalue weighted by Gasteiger charge is 2.56. The van der Waals surface area contributed by atoms with E-state index in [9.17, 15) is 14.7 Å². The van der Waals surface area contributed by atoms with Crippen molar-refractivity contribution in [2.45, 2.75) is 57.7 Å². The zero-order valence-corrected chi connectivity index (χ0v) is 18.5. The number of amides is 1. The van der Waals surface area contributed by atoms with Crippen molar-refractivity contribution in [3.05, 3.63) is 39.8 Å². The molecular weight excluding hydrogens is 378 g/mol. The Kier molecular flexibility index (Phi) is 6.16. The molecule has 0 aromatic carbocycles. The van der Waals surface area contributed by atoms with Crippen molar-refractivity contribution in [1.29, 1.82) is 0 Å². The van der Waals surface area contributed by atoms with E-state index in [0.29, 0.717) is 18.0 Å². The zero-order valence-electron chi connectivity index (χ0n) is 18.5. The Labute approximate surface area is 179 Å². The summed E-state index contributed by atoms with van der Waals surface area (Å²) in [6.07, 6.45) is 9.95. The Morgan fingerprint density at radius 2 is 1.97 bits per heavy atom. The van der Waals surface area contributed by atoms with Crippen LogP contribution in [0.25, 0.3) is 6.08 Å². The zero-order chi connectivity index (χ0) is 21.4. The molecule has 164 valence electrons. The number of allylic oxidation sites excluding steroid dienone is 1. The number of hydrogen-bond donors (Lipinski definition) is 1. The average Bonchev–Trinajstić information content (AvgIpc) is 3.26. The molecule has 4 rings (SSSR count). The largest absolute Gasteiger partial charge is 0.396 e. The summed E-state index contributed by atoms with van der Waals surface area (Å²) >= 11 is 0. The number of aromatic nitrogens is 1. The SMILES string of the molecule is C/C=C/c1ccc2n(c1=O)C[C@@H]1[C@@H](CO)[C@H](C(=O)N(C)C)N(CC3CCCCC3)[C@H]21. The van der Waals surface area contributed by atoms with Gasteiger partial charge in [0.15, 0.2) is 0 Å². The fraction of sp³-hybridized carbons (Fsp3) is 0.667. The van der Waals surface area contributed by atoms with Crippen LogP contribution in [0.1, 0.15) is 56.3 Å². The summed E-state index contributed by atoms with van der Waals surface area (Å²) in [6.45, 7) is 3.33. The lowest BCUT2D eigenvalue weighted by Crippen LogP contribution is -2.49. The van der Waals surface area contributed by atoms with Gasteiger partial charge in [-0.15, -0.1) is 0 Å². The molecule has 2 aliphatic heterocycles. The minimum atomic E-state index is -0.319. The van der Waals surface area contributed by atoms with E-state index in [1.165, 1.54) is 32.1 Å². The van der Waals surface area contributed by atoms with Crippen molar-refractivity contribution >= 4 is 12.0 Å². The van der Waals surface area contributed by atoms with E-state index in [1.54, 1.807) is 19.0 Å².